The Bertz CT molecular complexity index is 305. The fourth-order valence-corrected chi connectivity index (χ4v) is 1.02. The molecule has 0 radical (unpaired) electrons. The van der Waals surface area contributed by atoms with Crippen molar-refractivity contribution in [2.24, 2.45) is 4.99 Å². The first-order valence-corrected chi connectivity index (χ1v) is 4.59. The Balaban J connectivity index is 2.80. The summed E-state index contributed by atoms with van der Waals surface area (Å²) >= 11 is 0. The van der Waals surface area contributed by atoms with Crippen molar-refractivity contribution in [2.45, 2.75) is 33.2 Å². The molecule has 1 aromatic carbocycles. The predicted octanol–water partition coefficient (Wildman–Crippen LogP) is 3.21. The molecule has 1 nitrogen and oxygen atoms in total. The minimum atomic E-state index is 0.0176. The zero-order valence-corrected chi connectivity index (χ0v) is 8.83. The van der Waals surface area contributed by atoms with E-state index in [-0.39, 0.29) is 5.54 Å². The Morgan fingerprint density at radius 3 is 2.46 bits per heavy atom. The van der Waals surface area contributed by atoms with Gasteiger partial charge in [-0.25, -0.2) is 0 Å². The van der Waals surface area contributed by atoms with Crippen LogP contribution >= 0.6 is 0 Å². The molecule has 0 aliphatic heterocycles. The molecule has 0 spiro atoms. The summed E-state index contributed by atoms with van der Waals surface area (Å²) in [6.07, 6.45) is 1.94. The van der Waals surface area contributed by atoms with Crippen LogP contribution in [-0.2, 0) is 0 Å². The number of rotatable bonds is 1. The first-order valence-electron chi connectivity index (χ1n) is 4.59. The number of hydrogen-bond donors (Lipinski definition) is 0. The van der Waals surface area contributed by atoms with Crippen LogP contribution in [0.25, 0.3) is 0 Å². The maximum absolute atomic E-state index is 4.44. The van der Waals surface area contributed by atoms with E-state index < -0.39 is 0 Å². The first-order chi connectivity index (χ1) is 5.97. The molecule has 0 atom stereocenters. The summed E-state index contributed by atoms with van der Waals surface area (Å²) in [4.78, 5) is 4.44. The lowest BCUT2D eigenvalue weighted by molar-refractivity contribution is 0.586. The SMILES string of the molecule is Cc1cccc(C=NC(C)(C)C)c1. The van der Waals surface area contributed by atoms with Crippen LogP contribution in [0, 0.1) is 6.92 Å². The lowest BCUT2D eigenvalue weighted by atomic mass is 10.1. The number of aryl methyl sites for hydroxylation is 1. The van der Waals surface area contributed by atoms with Gasteiger partial charge in [-0.1, -0.05) is 29.8 Å². The van der Waals surface area contributed by atoms with Gasteiger partial charge in [0.05, 0.1) is 5.54 Å². The molecule has 1 rings (SSSR count). The monoisotopic (exact) mass is 175 g/mol. The molecule has 0 aliphatic carbocycles. The third-order valence-corrected chi connectivity index (χ3v) is 1.64. The molecule has 0 N–H and O–H groups in total. The minimum Gasteiger partial charge on any atom is -0.287 e. The molecule has 0 bridgehead atoms. The largest absolute Gasteiger partial charge is 0.287 e. The van der Waals surface area contributed by atoms with Crippen LogP contribution in [0.15, 0.2) is 29.3 Å². The summed E-state index contributed by atoms with van der Waals surface area (Å²) in [6, 6.07) is 8.35. The Morgan fingerprint density at radius 1 is 1.23 bits per heavy atom. The first kappa shape index (κ1) is 9.97. The molecule has 0 saturated carbocycles. The van der Waals surface area contributed by atoms with E-state index in [2.05, 4.69) is 57.0 Å². The van der Waals surface area contributed by atoms with Crippen LogP contribution in [-0.4, -0.2) is 11.8 Å². The third kappa shape index (κ3) is 3.88. The van der Waals surface area contributed by atoms with Crippen LogP contribution in [0.1, 0.15) is 31.9 Å². The molecular weight excluding hydrogens is 158 g/mol. The molecule has 1 aromatic rings. The van der Waals surface area contributed by atoms with E-state index in [1.807, 2.05) is 6.21 Å². The Labute approximate surface area is 80.5 Å². The Hall–Kier alpha value is -1.11. The lowest BCUT2D eigenvalue weighted by Gasteiger charge is -2.10. The molecule has 70 valence electrons. The van der Waals surface area contributed by atoms with Crippen molar-refractivity contribution < 1.29 is 0 Å². The zero-order valence-electron chi connectivity index (χ0n) is 8.83. The lowest BCUT2D eigenvalue weighted by Crippen LogP contribution is -2.09. The second-order valence-electron chi connectivity index (χ2n) is 4.34. The molecule has 1 heteroatoms. The van der Waals surface area contributed by atoms with Crippen molar-refractivity contribution >= 4 is 6.21 Å². The molecule has 0 unspecified atom stereocenters. The molecule has 0 saturated heterocycles. The third-order valence-electron chi connectivity index (χ3n) is 1.64. The van der Waals surface area contributed by atoms with Gasteiger partial charge in [0, 0.05) is 6.21 Å². The van der Waals surface area contributed by atoms with Crippen molar-refractivity contribution in [3.8, 4) is 0 Å². The van der Waals surface area contributed by atoms with Gasteiger partial charge in [0.2, 0.25) is 0 Å². The summed E-state index contributed by atoms with van der Waals surface area (Å²) < 4.78 is 0. The second kappa shape index (κ2) is 3.73. The summed E-state index contributed by atoms with van der Waals surface area (Å²) in [7, 11) is 0. The molecule has 0 aliphatic rings. The van der Waals surface area contributed by atoms with Gasteiger partial charge in [-0.15, -0.1) is 0 Å². The average molecular weight is 175 g/mol. The van der Waals surface area contributed by atoms with Crippen LogP contribution in [0.5, 0.6) is 0 Å². The van der Waals surface area contributed by atoms with Crippen molar-refractivity contribution in [2.75, 3.05) is 0 Å². The highest BCUT2D eigenvalue weighted by Crippen LogP contribution is 2.07. The average Bonchev–Trinajstić information content (AvgIpc) is 2.00. The highest BCUT2D eigenvalue weighted by molar-refractivity contribution is 5.80. The van der Waals surface area contributed by atoms with E-state index in [4.69, 9.17) is 0 Å². The maximum atomic E-state index is 4.44. The van der Waals surface area contributed by atoms with Gasteiger partial charge in [0.15, 0.2) is 0 Å². The van der Waals surface area contributed by atoms with Gasteiger partial charge in [-0.3, -0.25) is 4.99 Å². The molecule has 0 amide bonds. The predicted molar refractivity (Wildman–Crippen MR) is 58.5 cm³/mol. The summed E-state index contributed by atoms with van der Waals surface area (Å²) in [5, 5.41) is 0. The second-order valence-corrected chi connectivity index (χ2v) is 4.34. The van der Waals surface area contributed by atoms with Crippen molar-refractivity contribution in [1.29, 1.82) is 0 Å². The van der Waals surface area contributed by atoms with E-state index in [9.17, 15) is 0 Å². The Kier molecular flexibility index (Phi) is 2.86. The van der Waals surface area contributed by atoms with Gasteiger partial charge in [-0.05, 0) is 33.3 Å². The smallest absolute Gasteiger partial charge is 0.0524 e. The van der Waals surface area contributed by atoms with Gasteiger partial charge in [-0.2, -0.15) is 0 Å². The highest BCUT2D eigenvalue weighted by Gasteiger charge is 2.04. The fourth-order valence-electron chi connectivity index (χ4n) is 1.02. The van der Waals surface area contributed by atoms with E-state index in [1.165, 1.54) is 11.1 Å². The van der Waals surface area contributed by atoms with Crippen molar-refractivity contribution in [3.05, 3.63) is 35.4 Å². The number of benzene rings is 1. The molecular formula is C12H17N. The summed E-state index contributed by atoms with van der Waals surface area (Å²) in [5.41, 5.74) is 2.47. The van der Waals surface area contributed by atoms with E-state index in [1.54, 1.807) is 0 Å². The van der Waals surface area contributed by atoms with Gasteiger partial charge in [0.1, 0.15) is 0 Å². The van der Waals surface area contributed by atoms with E-state index in [0.717, 1.165) is 0 Å². The van der Waals surface area contributed by atoms with E-state index in [0.29, 0.717) is 0 Å². The molecule has 0 aromatic heterocycles. The fraction of sp³-hybridized carbons (Fsp3) is 0.417. The number of aliphatic imine (C=N–C) groups is 1. The van der Waals surface area contributed by atoms with Crippen LogP contribution in [0.3, 0.4) is 0 Å². The standard InChI is InChI=1S/C12H17N/c1-10-6-5-7-11(8-10)9-13-12(2,3)4/h5-9H,1-4H3. The van der Waals surface area contributed by atoms with Crippen molar-refractivity contribution in [3.63, 3.8) is 0 Å². The van der Waals surface area contributed by atoms with E-state index >= 15 is 0 Å². The normalized spacial score (nSPS) is 12.3. The zero-order chi connectivity index (χ0) is 9.90. The van der Waals surface area contributed by atoms with Gasteiger partial charge < -0.3 is 0 Å². The highest BCUT2D eigenvalue weighted by atomic mass is 14.8. The van der Waals surface area contributed by atoms with Gasteiger partial charge >= 0.3 is 0 Å². The van der Waals surface area contributed by atoms with Crippen LogP contribution < -0.4 is 0 Å². The minimum absolute atomic E-state index is 0.0176. The molecule has 0 heterocycles. The van der Waals surface area contributed by atoms with Crippen molar-refractivity contribution in [1.82, 2.24) is 0 Å². The van der Waals surface area contributed by atoms with Crippen LogP contribution in [0.4, 0.5) is 0 Å². The summed E-state index contributed by atoms with van der Waals surface area (Å²) in [6.45, 7) is 8.38. The molecule has 13 heavy (non-hydrogen) atoms. The quantitative estimate of drug-likeness (QED) is 0.581. The Morgan fingerprint density at radius 2 is 1.92 bits per heavy atom. The summed E-state index contributed by atoms with van der Waals surface area (Å²) in [5.74, 6) is 0. The molecule has 0 fully saturated rings. The number of hydrogen-bond acceptors (Lipinski definition) is 1. The topological polar surface area (TPSA) is 12.4 Å². The van der Waals surface area contributed by atoms with Gasteiger partial charge in [0.25, 0.3) is 0 Å². The maximum Gasteiger partial charge on any atom is 0.0524 e. The number of nitrogens with zero attached hydrogens (tertiary/aromatic N) is 1. The van der Waals surface area contributed by atoms with Crippen LogP contribution in [0.2, 0.25) is 0 Å².